The van der Waals surface area contributed by atoms with Gasteiger partial charge in [0.2, 0.25) is 0 Å². The molecule has 0 aromatic carbocycles. The summed E-state index contributed by atoms with van der Waals surface area (Å²) in [5.41, 5.74) is 8.76. The fraction of sp³-hybridized carbons (Fsp3) is 0.433. The summed E-state index contributed by atoms with van der Waals surface area (Å²) in [6, 6.07) is 0.377. The third kappa shape index (κ3) is 3.57. The molecule has 1 amide bonds. The largest absolute Gasteiger partial charge is 0.465 e. The van der Waals surface area contributed by atoms with Crippen molar-refractivity contribution >= 4 is 14.2 Å². The Hall–Kier alpha value is -2.83. The summed E-state index contributed by atoms with van der Waals surface area (Å²) in [6.45, 7) is 11.3. The van der Waals surface area contributed by atoms with Crippen LogP contribution < -0.4 is 4.90 Å². The molecule has 0 spiro atoms. The summed E-state index contributed by atoms with van der Waals surface area (Å²) in [7, 11) is 4.13. The first-order valence-corrected chi connectivity index (χ1v) is 16.3. The Labute approximate surface area is 216 Å². The van der Waals surface area contributed by atoms with Crippen LogP contribution in [0.25, 0.3) is 0 Å². The van der Waals surface area contributed by atoms with Crippen LogP contribution in [-0.4, -0.2) is 69.3 Å². The Bertz CT molecular complexity index is 1260. The predicted molar refractivity (Wildman–Crippen MR) is 149 cm³/mol. The number of nitrogens with one attached hydrogen (secondary N) is 1. The highest BCUT2D eigenvalue weighted by Gasteiger charge is 2.49. The van der Waals surface area contributed by atoms with Crippen LogP contribution in [0.3, 0.4) is 0 Å². The minimum Gasteiger partial charge on any atom is -0.465 e. The summed E-state index contributed by atoms with van der Waals surface area (Å²) >= 11 is 0. The van der Waals surface area contributed by atoms with Crippen molar-refractivity contribution in [2.75, 3.05) is 34.2 Å². The number of amides is 1. The lowest BCUT2D eigenvalue weighted by Gasteiger charge is -2.48. The van der Waals surface area contributed by atoms with Crippen molar-refractivity contribution in [1.82, 2.24) is 9.80 Å². The lowest BCUT2D eigenvalue weighted by molar-refractivity contribution is -0.871. The van der Waals surface area contributed by atoms with Crippen LogP contribution in [0.4, 0.5) is 4.79 Å². The molecule has 36 heavy (non-hydrogen) atoms. The van der Waals surface area contributed by atoms with E-state index in [-0.39, 0.29) is 5.92 Å². The molecule has 5 rings (SSSR count). The first-order valence-electron chi connectivity index (χ1n) is 13.3. The van der Waals surface area contributed by atoms with Crippen molar-refractivity contribution < 1.29 is 14.8 Å². The van der Waals surface area contributed by atoms with Crippen molar-refractivity contribution in [2.24, 2.45) is 5.92 Å². The lowest BCUT2D eigenvalue weighted by Crippen LogP contribution is -3.09. The van der Waals surface area contributed by atoms with Gasteiger partial charge in [0.05, 0.1) is 19.8 Å². The summed E-state index contributed by atoms with van der Waals surface area (Å²) in [6.07, 6.45) is 17.1. The van der Waals surface area contributed by atoms with Crippen molar-refractivity contribution in [2.45, 2.75) is 45.8 Å². The van der Waals surface area contributed by atoms with E-state index in [0.29, 0.717) is 6.04 Å². The van der Waals surface area contributed by atoms with Crippen LogP contribution in [0, 0.1) is 5.92 Å². The highest BCUT2D eigenvalue weighted by atomic mass is 28.3. The van der Waals surface area contributed by atoms with Gasteiger partial charge in [0.15, 0.2) is 0 Å². The number of fused-ring (bicyclic) bond motifs is 3. The van der Waals surface area contributed by atoms with E-state index < -0.39 is 14.2 Å². The molecule has 2 unspecified atom stereocenters. The van der Waals surface area contributed by atoms with E-state index in [1.165, 1.54) is 43.0 Å². The number of quaternary nitrogens is 1. The van der Waals surface area contributed by atoms with Gasteiger partial charge in [0.25, 0.3) is 0 Å². The maximum absolute atomic E-state index is 12.4. The Kier molecular flexibility index (Phi) is 6.16. The molecule has 1 heterocycles. The lowest BCUT2D eigenvalue weighted by atomic mass is 9.68. The monoisotopic (exact) mass is 502 g/mol. The van der Waals surface area contributed by atoms with Crippen LogP contribution in [0.2, 0.25) is 13.1 Å². The van der Waals surface area contributed by atoms with Crippen LogP contribution in [0.5, 0.6) is 0 Å². The molecule has 5 aliphatic rings. The second kappa shape index (κ2) is 8.93. The summed E-state index contributed by atoms with van der Waals surface area (Å²) < 4.78 is 0. The number of allylic oxidation sites excluding steroid dienone is 12. The molecule has 5 nitrogen and oxygen atoms in total. The van der Waals surface area contributed by atoms with Gasteiger partial charge in [0.1, 0.15) is 14.1 Å². The van der Waals surface area contributed by atoms with Gasteiger partial charge in [-0.2, -0.15) is 0 Å². The van der Waals surface area contributed by atoms with Crippen molar-refractivity contribution in [3.63, 3.8) is 0 Å². The number of carboxylic acid groups (broad SMARTS) is 1. The van der Waals surface area contributed by atoms with Crippen molar-refractivity contribution in [1.29, 1.82) is 0 Å². The SMILES string of the molecule is CCN(CC)C1=CC2=C3C(=C(N(C)C(=O)O)C4=CC=CCC4C3=C3C=CC([NH+](C)C)C=C3[Si]2(C)C)C1. The molecule has 0 saturated heterocycles. The topological polar surface area (TPSA) is 48.2 Å². The number of hydrogen-bond donors (Lipinski definition) is 2. The van der Waals surface area contributed by atoms with Gasteiger partial charge in [-0.15, -0.1) is 0 Å². The second-order valence-electron chi connectivity index (χ2n) is 11.3. The number of rotatable bonds is 5. The quantitative estimate of drug-likeness (QED) is 0.548. The average Bonchev–Trinajstić information content (AvgIpc) is 2.86. The minimum absolute atomic E-state index is 0.181. The van der Waals surface area contributed by atoms with Gasteiger partial charge in [-0.25, -0.2) is 4.79 Å². The number of likely N-dealkylation sites (N-methyl/N-ethyl adjacent to an activating group) is 2. The molecular formula is C30H40N3O2Si+. The Morgan fingerprint density at radius 1 is 1.22 bits per heavy atom. The highest BCUT2D eigenvalue weighted by molar-refractivity contribution is 6.92. The standard InChI is InChI=1S/C30H39N3O2Si/c1-8-33(9-2)20-16-24-28-26(18-20)36(6,7)25-17-19(31(3)4)14-15-23(25)27(28)21-12-10-11-13-22(21)29(24)32(5)30(34)35/h10-11,13-15,17-19,21H,8-9,12,16H2,1-7H3,(H,34,35)/p+1. The Morgan fingerprint density at radius 2 is 1.94 bits per heavy atom. The van der Waals surface area contributed by atoms with Gasteiger partial charge in [-0.3, -0.25) is 4.90 Å². The van der Waals surface area contributed by atoms with Gasteiger partial charge >= 0.3 is 6.09 Å². The molecule has 2 atom stereocenters. The van der Waals surface area contributed by atoms with Crippen LogP contribution in [0.15, 0.2) is 92.2 Å². The van der Waals surface area contributed by atoms with E-state index in [9.17, 15) is 9.90 Å². The Morgan fingerprint density at radius 3 is 2.58 bits per heavy atom. The number of nitrogens with zero attached hydrogens (tertiary/aromatic N) is 2. The zero-order chi connectivity index (χ0) is 25.9. The molecule has 1 aliphatic heterocycles. The molecule has 0 bridgehead atoms. The molecule has 0 radical (unpaired) electrons. The molecule has 190 valence electrons. The van der Waals surface area contributed by atoms with E-state index in [2.05, 4.69) is 88.5 Å². The smallest absolute Gasteiger partial charge is 0.411 e. The van der Waals surface area contributed by atoms with E-state index in [1.54, 1.807) is 12.2 Å². The van der Waals surface area contributed by atoms with E-state index in [0.717, 1.165) is 37.2 Å². The molecule has 2 N–H and O–H groups in total. The number of carbonyl (C=O) groups is 1. The molecule has 0 fully saturated rings. The molecule has 6 heteroatoms. The third-order valence-corrected chi connectivity index (χ3v) is 12.3. The zero-order valence-corrected chi connectivity index (χ0v) is 23.8. The minimum atomic E-state index is -2.05. The van der Waals surface area contributed by atoms with Crippen molar-refractivity contribution in [3.8, 4) is 0 Å². The van der Waals surface area contributed by atoms with Crippen LogP contribution in [-0.2, 0) is 0 Å². The average molecular weight is 503 g/mol. The fourth-order valence-corrected chi connectivity index (χ4v) is 9.98. The normalized spacial score (nSPS) is 25.7. The van der Waals surface area contributed by atoms with Crippen molar-refractivity contribution in [3.05, 3.63) is 92.2 Å². The molecule has 4 aliphatic carbocycles. The summed E-state index contributed by atoms with van der Waals surface area (Å²) in [4.78, 5) is 17.7. The first kappa shape index (κ1) is 24.8. The molecule has 0 aromatic rings. The van der Waals surface area contributed by atoms with E-state index >= 15 is 0 Å². The van der Waals surface area contributed by atoms with Gasteiger partial charge < -0.3 is 14.9 Å². The third-order valence-electron chi connectivity index (χ3n) is 8.78. The van der Waals surface area contributed by atoms with E-state index in [1.807, 2.05) is 0 Å². The van der Waals surface area contributed by atoms with Gasteiger partial charge in [0, 0.05) is 38.2 Å². The first-order chi connectivity index (χ1) is 17.1. The summed E-state index contributed by atoms with van der Waals surface area (Å²) in [5.74, 6) is 0.181. The van der Waals surface area contributed by atoms with Gasteiger partial charge in [-0.1, -0.05) is 37.4 Å². The number of hydrogen-bond acceptors (Lipinski definition) is 2. The molecule has 0 saturated carbocycles. The molecular weight excluding hydrogens is 462 g/mol. The fourth-order valence-electron chi connectivity index (χ4n) is 6.77. The maximum Gasteiger partial charge on any atom is 0.411 e. The summed E-state index contributed by atoms with van der Waals surface area (Å²) in [5, 5.41) is 13.2. The maximum atomic E-state index is 12.4. The Balaban J connectivity index is 1.88. The van der Waals surface area contributed by atoms with Crippen LogP contribution >= 0.6 is 0 Å². The second-order valence-corrected chi connectivity index (χ2v) is 15.6. The zero-order valence-electron chi connectivity index (χ0n) is 22.8. The van der Waals surface area contributed by atoms with Crippen LogP contribution in [0.1, 0.15) is 26.7 Å². The predicted octanol–water partition coefficient (Wildman–Crippen LogP) is 4.40. The van der Waals surface area contributed by atoms with Gasteiger partial charge in [-0.05, 0) is 76.8 Å². The van der Waals surface area contributed by atoms with E-state index in [4.69, 9.17) is 0 Å². The highest BCUT2D eigenvalue weighted by Crippen LogP contribution is 2.57. The molecule has 0 aromatic heterocycles.